The van der Waals surface area contributed by atoms with Gasteiger partial charge in [0.25, 0.3) is 0 Å². The fraction of sp³-hybridized carbons (Fsp3) is 0.682. The zero-order valence-corrected chi connectivity index (χ0v) is 18.0. The Balaban J connectivity index is 2.11. The van der Waals surface area contributed by atoms with E-state index in [1.54, 1.807) is 26.8 Å². The van der Waals surface area contributed by atoms with Crippen LogP contribution in [-0.2, 0) is 19.1 Å². The molecule has 2 aliphatic heterocycles. The van der Waals surface area contributed by atoms with Crippen molar-refractivity contribution in [2.45, 2.75) is 78.0 Å². The van der Waals surface area contributed by atoms with E-state index in [0.717, 1.165) is 30.6 Å². The summed E-state index contributed by atoms with van der Waals surface area (Å²) in [6, 6.07) is -0.416. The molecular weight excluding hydrogens is 374 g/mol. The summed E-state index contributed by atoms with van der Waals surface area (Å²) in [5, 5.41) is 8.83. The first-order valence-corrected chi connectivity index (χ1v) is 10.4. The van der Waals surface area contributed by atoms with E-state index in [2.05, 4.69) is 0 Å². The minimum Gasteiger partial charge on any atom is -0.482 e. The van der Waals surface area contributed by atoms with Crippen LogP contribution in [0.5, 0.6) is 0 Å². The largest absolute Gasteiger partial charge is 0.482 e. The maximum atomic E-state index is 13.2. The van der Waals surface area contributed by atoms with Crippen molar-refractivity contribution in [3.63, 3.8) is 0 Å². The van der Waals surface area contributed by atoms with Gasteiger partial charge in [-0.2, -0.15) is 0 Å². The highest BCUT2D eigenvalue weighted by Crippen LogP contribution is 2.36. The molecule has 2 rings (SSSR count). The molecule has 0 aromatic heterocycles. The van der Waals surface area contributed by atoms with E-state index in [-0.39, 0.29) is 18.3 Å². The summed E-state index contributed by atoms with van der Waals surface area (Å²) in [5.41, 5.74) is -0.794. The maximum absolute atomic E-state index is 13.2. The molecule has 29 heavy (non-hydrogen) atoms. The number of amides is 2. The first-order valence-electron chi connectivity index (χ1n) is 10.4. The lowest BCUT2D eigenvalue weighted by Gasteiger charge is -2.33. The zero-order chi connectivity index (χ0) is 21.8. The first kappa shape index (κ1) is 23.1. The second-order valence-electron chi connectivity index (χ2n) is 8.61. The van der Waals surface area contributed by atoms with E-state index in [1.807, 2.05) is 19.9 Å². The molecule has 0 bridgehead atoms. The molecule has 0 aromatic rings. The zero-order valence-electron chi connectivity index (χ0n) is 18.0. The van der Waals surface area contributed by atoms with Crippen molar-refractivity contribution in [1.29, 1.82) is 0 Å². The molecule has 0 saturated carbocycles. The van der Waals surface area contributed by atoms with E-state index in [4.69, 9.17) is 14.6 Å². The summed E-state index contributed by atoms with van der Waals surface area (Å²) in [7, 11) is 0. The normalized spacial score (nSPS) is 26.0. The highest BCUT2D eigenvalue weighted by molar-refractivity contribution is 6.02. The highest BCUT2D eigenvalue weighted by Gasteiger charge is 2.53. The third-order valence-corrected chi connectivity index (χ3v) is 5.41. The van der Waals surface area contributed by atoms with Gasteiger partial charge in [-0.3, -0.25) is 9.59 Å². The van der Waals surface area contributed by atoms with Crippen LogP contribution in [0.3, 0.4) is 0 Å². The molecule has 3 unspecified atom stereocenters. The van der Waals surface area contributed by atoms with Gasteiger partial charge in [0, 0.05) is 6.61 Å². The number of unbranched alkanes of at least 4 members (excludes halogenated alkanes) is 3. The third-order valence-electron chi connectivity index (χ3n) is 5.41. The number of rotatable bonds is 8. The smallest absolute Gasteiger partial charge is 0.417 e. The van der Waals surface area contributed by atoms with Crippen molar-refractivity contribution in [1.82, 2.24) is 4.90 Å². The molecular formula is C22H33NO6. The number of cyclic esters (lactones) is 1. The average Bonchev–Trinajstić information content (AvgIpc) is 2.90. The molecule has 162 valence electrons. The number of carbonyl (C=O) groups is 3. The Morgan fingerprint density at radius 3 is 2.52 bits per heavy atom. The van der Waals surface area contributed by atoms with Crippen molar-refractivity contribution >= 4 is 17.8 Å². The monoisotopic (exact) mass is 407 g/mol. The van der Waals surface area contributed by atoms with Crippen molar-refractivity contribution in [2.75, 3.05) is 6.61 Å². The molecule has 3 atom stereocenters. The molecule has 0 spiro atoms. The number of imide groups is 1. The lowest BCUT2D eigenvalue weighted by molar-refractivity contribution is -0.143. The van der Waals surface area contributed by atoms with Crippen LogP contribution >= 0.6 is 0 Å². The summed E-state index contributed by atoms with van der Waals surface area (Å²) in [6.45, 7) is 9.23. The number of carbonyl (C=O) groups excluding carboxylic acids is 3. The van der Waals surface area contributed by atoms with Crippen molar-refractivity contribution in [3.05, 3.63) is 24.0 Å². The molecule has 2 amide bonds. The molecule has 7 heteroatoms. The number of nitrogens with zero attached hydrogens (tertiary/aromatic N) is 1. The number of hydrogen-bond donors (Lipinski definition) is 1. The third kappa shape index (κ3) is 5.26. The molecule has 0 radical (unpaired) electrons. The summed E-state index contributed by atoms with van der Waals surface area (Å²) in [6.07, 6.45) is 6.58. The number of aliphatic hydroxyl groups is 1. The van der Waals surface area contributed by atoms with E-state index in [1.165, 1.54) is 6.08 Å². The second-order valence-corrected chi connectivity index (χ2v) is 8.61. The Morgan fingerprint density at radius 1 is 1.21 bits per heavy atom. The van der Waals surface area contributed by atoms with Gasteiger partial charge in [-0.1, -0.05) is 20.3 Å². The van der Waals surface area contributed by atoms with Gasteiger partial charge in [-0.25, -0.2) is 9.69 Å². The Kier molecular flexibility index (Phi) is 7.63. The van der Waals surface area contributed by atoms with Crippen LogP contribution < -0.4 is 0 Å². The van der Waals surface area contributed by atoms with Gasteiger partial charge in [0.2, 0.25) is 5.91 Å². The van der Waals surface area contributed by atoms with E-state index in [0.29, 0.717) is 5.76 Å². The topological polar surface area (TPSA) is 93.1 Å². The van der Waals surface area contributed by atoms with E-state index >= 15 is 0 Å². The summed E-state index contributed by atoms with van der Waals surface area (Å²) in [5.74, 6) is -1.04. The molecule has 1 saturated heterocycles. The second kappa shape index (κ2) is 9.57. The molecule has 2 aliphatic rings. The lowest BCUT2D eigenvalue weighted by atomic mass is 9.87. The minimum absolute atomic E-state index is 0.00449. The van der Waals surface area contributed by atoms with Gasteiger partial charge in [-0.15, -0.1) is 0 Å². The van der Waals surface area contributed by atoms with Gasteiger partial charge in [0.15, 0.2) is 11.9 Å². The Labute approximate surface area is 172 Å². The highest BCUT2D eigenvalue weighted by atomic mass is 16.6. The number of allylic oxidation sites excluding steroid dienone is 2. The van der Waals surface area contributed by atoms with Crippen LogP contribution in [0, 0.1) is 11.8 Å². The van der Waals surface area contributed by atoms with Crippen LogP contribution in [0.1, 0.15) is 60.3 Å². The molecule has 0 aromatic carbocycles. The summed E-state index contributed by atoms with van der Waals surface area (Å²) < 4.78 is 11.2. The van der Waals surface area contributed by atoms with E-state index < -0.39 is 35.7 Å². The lowest BCUT2D eigenvalue weighted by Crippen LogP contribution is -2.52. The SMILES string of the molecule is CC(C)C1N(C(=O)C(C)C2OC(=CCCCCCO)C=CC2=O)C(=O)OC1(C)C. The number of hydrogen-bond acceptors (Lipinski definition) is 6. The number of ketones is 1. The predicted octanol–water partition coefficient (Wildman–Crippen LogP) is 3.37. The molecule has 7 nitrogen and oxygen atoms in total. The van der Waals surface area contributed by atoms with E-state index in [9.17, 15) is 14.4 Å². The fourth-order valence-electron chi connectivity index (χ4n) is 4.08. The van der Waals surface area contributed by atoms with Crippen LogP contribution in [0.25, 0.3) is 0 Å². The average molecular weight is 408 g/mol. The Hall–Kier alpha value is -2.15. The molecule has 1 N–H and O–H groups in total. The predicted molar refractivity (Wildman–Crippen MR) is 108 cm³/mol. The van der Waals surface area contributed by atoms with Crippen molar-refractivity contribution in [2.24, 2.45) is 11.8 Å². The molecule has 0 aliphatic carbocycles. The van der Waals surface area contributed by atoms with Crippen LogP contribution in [0.4, 0.5) is 4.79 Å². The van der Waals surface area contributed by atoms with Gasteiger partial charge >= 0.3 is 6.09 Å². The van der Waals surface area contributed by atoms with Gasteiger partial charge < -0.3 is 14.6 Å². The van der Waals surface area contributed by atoms with Crippen molar-refractivity contribution in [3.8, 4) is 0 Å². The van der Waals surface area contributed by atoms with Crippen molar-refractivity contribution < 1.29 is 29.0 Å². The number of aliphatic hydroxyl groups excluding tert-OH is 1. The van der Waals surface area contributed by atoms with Crippen LogP contribution in [-0.4, -0.2) is 52.1 Å². The van der Waals surface area contributed by atoms with Crippen LogP contribution in [0.2, 0.25) is 0 Å². The number of ether oxygens (including phenoxy) is 2. The van der Waals surface area contributed by atoms with Gasteiger partial charge in [-0.05, 0) is 64.2 Å². The molecule has 1 fully saturated rings. The summed E-state index contributed by atoms with van der Waals surface area (Å²) in [4.78, 5) is 39.1. The standard InChI is InChI=1S/C22H33NO6/c1-14(2)19-22(4,5)29-21(27)23(19)20(26)15(3)18-17(25)12-11-16(28-18)10-8-6-7-9-13-24/h10-12,14-15,18-19,24H,6-9,13H2,1-5H3. The van der Waals surface area contributed by atoms with Crippen LogP contribution in [0.15, 0.2) is 24.0 Å². The van der Waals surface area contributed by atoms with Gasteiger partial charge in [0.1, 0.15) is 11.4 Å². The fourth-order valence-corrected chi connectivity index (χ4v) is 4.08. The first-order chi connectivity index (χ1) is 13.6. The Bertz CT molecular complexity index is 693. The summed E-state index contributed by atoms with van der Waals surface area (Å²) >= 11 is 0. The Morgan fingerprint density at radius 2 is 1.90 bits per heavy atom. The quantitative estimate of drug-likeness (QED) is 0.620. The molecule has 2 heterocycles. The van der Waals surface area contributed by atoms with Gasteiger partial charge in [0.05, 0.1) is 12.0 Å². The minimum atomic E-state index is -0.972. The maximum Gasteiger partial charge on any atom is 0.417 e.